The fraction of sp³-hybridized carbons (Fsp3) is 0.588. The Bertz CT molecular complexity index is 683. The predicted octanol–water partition coefficient (Wildman–Crippen LogP) is 1.96. The van der Waals surface area contributed by atoms with E-state index >= 15 is 0 Å². The third kappa shape index (κ3) is 5.29. The summed E-state index contributed by atoms with van der Waals surface area (Å²) in [6.45, 7) is 8.16. The normalized spacial score (nSPS) is 15.3. The Morgan fingerprint density at radius 2 is 2.23 bits per heavy atom. The van der Waals surface area contributed by atoms with Gasteiger partial charge in [0.25, 0.3) is 0 Å². The van der Waals surface area contributed by atoms with E-state index in [4.69, 9.17) is 4.74 Å². The lowest BCUT2D eigenvalue weighted by Gasteiger charge is -2.26. The average molecular weight is 396 g/mol. The van der Waals surface area contributed by atoms with Gasteiger partial charge in [-0.15, -0.1) is 21.5 Å². The van der Waals surface area contributed by atoms with E-state index in [2.05, 4.69) is 31.9 Å². The zero-order valence-electron chi connectivity index (χ0n) is 15.0. The molecular formula is C17H25N5O2S2. The maximum atomic E-state index is 12.1. The number of nitrogens with zero attached hydrogens (tertiary/aromatic N) is 4. The van der Waals surface area contributed by atoms with Crippen molar-refractivity contribution in [2.45, 2.75) is 25.0 Å². The van der Waals surface area contributed by atoms with Gasteiger partial charge in [-0.2, -0.15) is 0 Å². The van der Waals surface area contributed by atoms with Gasteiger partial charge < -0.3 is 14.6 Å². The number of carbonyl (C=O) groups is 1. The highest BCUT2D eigenvalue weighted by Crippen LogP contribution is 2.26. The summed E-state index contributed by atoms with van der Waals surface area (Å²) < 4.78 is 7.39. The van der Waals surface area contributed by atoms with E-state index in [1.54, 1.807) is 11.3 Å². The molecule has 1 saturated heterocycles. The van der Waals surface area contributed by atoms with Crippen molar-refractivity contribution in [3.05, 3.63) is 17.5 Å². The van der Waals surface area contributed by atoms with Crippen LogP contribution in [-0.2, 0) is 16.1 Å². The highest BCUT2D eigenvalue weighted by atomic mass is 32.2. The molecule has 0 aromatic carbocycles. The smallest absolute Gasteiger partial charge is 0.230 e. The summed E-state index contributed by atoms with van der Waals surface area (Å²) in [6.07, 6.45) is 0.962. The zero-order valence-corrected chi connectivity index (χ0v) is 16.7. The monoisotopic (exact) mass is 395 g/mol. The zero-order chi connectivity index (χ0) is 18.2. The number of hydrogen-bond acceptors (Lipinski definition) is 7. The minimum atomic E-state index is 0.0419. The SMILES string of the molecule is CCn1c(SCC(=O)NCCCN2CCOCC2)nnc1-c1cccs1. The maximum Gasteiger partial charge on any atom is 0.230 e. The van der Waals surface area contributed by atoms with Crippen LogP contribution in [0.25, 0.3) is 10.7 Å². The molecule has 0 spiro atoms. The van der Waals surface area contributed by atoms with E-state index in [-0.39, 0.29) is 5.91 Å². The number of ether oxygens (including phenoxy) is 1. The summed E-state index contributed by atoms with van der Waals surface area (Å²) in [7, 11) is 0. The van der Waals surface area contributed by atoms with Gasteiger partial charge >= 0.3 is 0 Å². The van der Waals surface area contributed by atoms with Gasteiger partial charge in [0.2, 0.25) is 5.91 Å². The van der Waals surface area contributed by atoms with Crippen LogP contribution in [0, 0.1) is 0 Å². The lowest BCUT2D eigenvalue weighted by Crippen LogP contribution is -2.38. The van der Waals surface area contributed by atoms with Crippen LogP contribution < -0.4 is 5.32 Å². The number of amides is 1. The van der Waals surface area contributed by atoms with Crippen molar-refractivity contribution in [1.82, 2.24) is 25.0 Å². The summed E-state index contributed by atoms with van der Waals surface area (Å²) >= 11 is 3.08. The summed E-state index contributed by atoms with van der Waals surface area (Å²) in [5.74, 6) is 1.27. The van der Waals surface area contributed by atoms with Crippen LogP contribution in [0.2, 0.25) is 0 Å². The van der Waals surface area contributed by atoms with E-state index in [0.29, 0.717) is 12.3 Å². The molecule has 26 heavy (non-hydrogen) atoms. The average Bonchev–Trinajstić information content (AvgIpc) is 3.33. The molecule has 2 aromatic rings. The molecule has 0 aliphatic carbocycles. The third-order valence-electron chi connectivity index (χ3n) is 4.18. The lowest BCUT2D eigenvalue weighted by molar-refractivity contribution is -0.118. The van der Waals surface area contributed by atoms with Gasteiger partial charge in [-0.05, 0) is 31.3 Å². The second-order valence-electron chi connectivity index (χ2n) is 5.97. The van der Waals surface area contributed by atoms with Gasteiger partial charge in [-0.3, -0.25) is 9.69 Å². The molecule has 142 valence electrons. The van der Waals surface area contributed by atoms with E-state index < -0.39 is 0 Å². The van der Waals surface area contributed by atoms with E-state index in [1.807, 2.05) is 17.5 Å². The first-order valence-corrected chi connectivity index (χ1v) is 10.8. The van der Waals surface area contributed by atoms with Crippen molar-refractivity contribution < 1.29 is 9.53 Å². The Morgan fingerprint density at radius 1 is 1.38 bits per heavy atom. The molecule has 0 radical (unpaired) electrons. The first kappa shape index (κ1) is 19.3. The number of thioether (sulfide) groups is 1. The Balaban J connectivity index is 1.40. The van der Waals surface area contributed by atoms with Crippen LogP contribution in [0.15, 0.2) is 22.7 Å². The lowest BCUT2D eigenvalue weighted by atomic mass is 10.3. The quantitative estimate of drug-likeness (QED) is 0.517. The number of hydrogen-bond donors (Lipinski definition) is 1. The number of nitrogens with one attached hydrogen (secondary N) is 1. The Hall–Kier alpha value is -1.42. The summed E-state index contributed by atoms with van der Waals surface area (Å²) in [5, 5.41) is 14.4. The summed E-state index contributed by atoms with van der Waals surface area (Å²) in [6, 6.07) is 4.04. The fourth-order valence-corrected chi connectivity index (χ4v) is 4.35. The van der Waals surface area contributed by atoms with Crippen molar-refractivity contribution in [1.29, 1.82) is 0 Å². The Morgan fingerprint density at radius 3 is 2.96 bits per heavy atom. The molecule has 1 N–H and O–H groups in total. The first-order valence-electron chi connectivity index (χ1n) is 8.94. The molecule has 2 aromatic heterocycles. The predicted molar refractivity (Wildman–Crippen MR) is 105 cm³/mol. The molecule has 0 bridgehead atoms. The molecule has 3 rings (SSSR count). The van der Waals surface area contributed by atoms with Crippen molar-refractivity contribution in [2.24, 2.45) is 0 Å². The second kappa shape index (κ2) is 10.1. The first-order chi connectivity index (χ1) is 12.8. The van der Waals surface area contributed by atoms with Gasteiger partial charge in [0.1, 0.15) is 0 Å². The molecule has 7 nitrogen and oxygen atoms in total. The Labute approximate surface area is 162 Å². The third-order valence-corrected chi connectivity index (χ3v) is 6.02. The standard InChI is InChI=1S/C17H25N5O2S2/c1-2-22-16(14-5-3-12-25-14)19-20-17(22)26-13-15(23)18-6-4-7-21-8-10-24-11-9-21/h3,5,12H,2,4,6-11,13H2,1H3,(H,18,23). The largest absolute Gasteiger partial charge is 0.379 e. The maximum absolute atomic E-state index is 12.1. The van der Waals surface area contributed by atoms with Crippen LogP contribution in [0.5, 0.6) is 0 Å². The minimum Gasteiger partial charge on any atom is -0.379 e. The van der Waals surface area contributed by atoms with Gasteiger partial charge in [-0.25, -0.2) is 0 Å². The molecule has 9 heteroatoms. The van der Waals surface area contributed by atoms with Gasteiger partial charge in [-0.1, -0.05) is 17.8 Å². The van der Waals surface area contributed by atoms with Crippen LogP contribution in [0.1, 0.15) is 13.3 Å². The molecule has 1 fully saturated rings. The molecule has 1 aliphatic rings. The number of thiophene rings is 1. The van der Waals surface area contributed by atoms with Crippen molar-refractivity contribution >= 4 is 29.0 Å². The number of rotatable bonds is 9. The topological polar surface area (TPSA) is 72.3 Å². The molecule has 1 aliphatic heterocycles. The summed E-state index contributed by atoms with van der Waals surface area (Å²) in [5.41, 5.74) is 0. The second-order valence-corrected chi connectivity index (χ2v) is 7.86. The van der Waals surface area contributed by atoms with Gasteiger partial charge in [0.15, 0.2) is 11.0 Å². The van der Waals surface area contributed by atoms with Crippen molar-refractivity contribution in [2.75, 3.05) is 45.1 Å². The molecule has 0 unspecified atom stereocenters. The van der Waals surface area contributed by atoms with E-state index in [0.717, 1.165) is 61.7 Å². The van der Waals surface area contributed by atoms with Crippen LogP contribution in [-0.4, -0.2) is 70.7 Å². The van der Waals surface area contributed by atoms with Crippen molar-refractivity contribution in [3.8, 4) is 10.7 Å². The highest BCUT2D eigenvalue weighted by Gasteiger charge is 2.15. The highest BCUT2D eigenvalue weighted by molar-refractivity contribution is 7.99. The van der Waals surface area contributed by atoms with Gasteiger partial charge in [0.05, 0.1) is 23.8 Å². The molecular weight excluding hydrogens is 370 g/mol. The molecule has 0 saturated carbocycles. The van der Waals surface area contributed by atoms with Crippen molar-refractivity contribution in [3.63, 3.8) is 0 Å². The number of aromatic nitrogens is 3. The van der Waals surface area contributed by atoms with E-state index in [9.17, 15) is 4.79 Å². The van der Waals surface area contributed by atoms with Crippen LogP contribution in [0.4, 0.5) is 0 Å². The molecule has 0 atom stereocenters. The minimum absolute atomic E-state index is 0.0419. The molecule has 1 amide bonds. The van der Waals surface area contributed by atoms with Gasteiger partial charge in [0, 0.05) is 26.2 Å². The Kier molecular flexibility index (Phi) is 7.48. The molecule has 3 heterocycles. The van der Waals surface area contributed by atoms with Crippen LogP contribution >= 0.6 is 23.1 Å². The van der Waals surface area contributed by atoms with Crippen LogP contribution in [0.3, 0.4) is 0 Å². The number of carbonyl (C=O) groups excluding carboxylic acids is 1. The summed E-state index contributed by atoms with van der Waals surface area (Å²) in [4.78, 5) is 15.6. The number of morpholine rings is 1. The fourth-order valence-electron chi connectivity index (χ4n) is 2.80. The van der Waals surface area contributed by atoms with E-state index in [1.165, 1.54) is 11.8 Å².